The van der Waals surface area contributed by atoms with E-state index in [1.54, 1.807) is 0 Å². The first-order valence-electron chi connectivity index (χ1n) is 13.4. The highest BCUT2D eigenvalue weighted by atomic mass is 16.4. The van der Waals surface area contributed by atoms with Crippen molar-refractivity contribution < 1.29 is 15.4 Å². The minimum Gasteiger partial charge on any atom is -0.481 e. The Morgan fingerprint density at radius 1 is 0.577 bits per heavy atom. The van der Waals surface area contributed by atoms with Gasteiger partial charge >= 0.3 is 5.97 Å². The summed E-state index contributed by atoms with van der Waals surface area (Å²) in [5.41, 5.74) is 0. The molecule has 2 heteroatoms. The van der Waals surface area contributed by atoms with E-state index in [9.17, 15) is 4.79 Å². The Hall–Kier alpha value is -0.530. The van der Waals surface area contributed by atoms with Crippen molar-refractivity contribution in [3.8, 4) is 0 Å². The van der Waals surface area contributed by atoms with E-state index < -0.39 is 18.7 Å². The van der Waals surface area contributed by atoms with Crippen molar-refractivity contribution >= 4 is 5.97 Å². The van der Waals surface area contributed by atoms with Gasteiger partial charge in [-0.25, -0.2) is 0 Å². The van der Waals surface area contributed by atoms with Gasteiger partial charge in [0.25, 0.3) is 0 Å². The van der Waals surface area contributed by atoms with E-state index in [1.165, 1.54) is 57.8 Å². The first kappa shape index (κ1) is 18.8. The molecule has 2 nitrogen and oxygen atoms in total. The molecule has 0 saturated heterocycles. The van der Waals surface area contributed by atoms with Crippen molar-refractivity contribution in [1.29, 1.82) is 0 Å². The van der Waals surface area contributed by atoms with Gasteiger partial charge in [-0.05, 0) is 6.42 Å². The molecule has 0 aliphatic heterocycles. The molecule has 0 aromatic heterocycles. The molecule has 0 fully saturated rings. The normalized spacial score (nSPS) is 14.5. The standard InChI is InChI=1S/C24H48O2/c1-2-3-4-5-6-7-8-9-10-11-12-13-14-15-16-17-18-19-20-21-22-23-24(25)26/h2-23H2,1H3,(H,25,26)/i15D2,16D2. The fourth-order valence-electron chi connectivity index (χ4n) is 3.25. The second-order valence-corrected chi connectivity index (χ2v) is 7.65. The predicted octanol–water partition coefficient (Wildman–Crippen LogP) is 8.67. The number of aliphatic carboxylic acids is 1. The molecule has 0 aliphatic carbocycles. The maximum Gasteiger partial charge on any atom is 0.303 e. The van der Waals surface area contributed by atoms with E-state index in [-0.39, 0.29) is 12.8 Å². The maximum atomic E-state index is 10.5. The summed E-state index contributed by atoms with van der Waals surface area (Å²) in [5.74, 6) is -0.766. The monoisotopic (exact) mass is 372 g/mol. The van der Waals surface area contributed by atoms with Crippen LogP contribution in [0.4, 0.5) is 0 Å². The molecule has 0 radical (unpaired) electrons. The lowest BCUT2D eigenvalue weighted by molar-refractivity contribution is -0.137. The summed E-state index contributed by atoms with van der Waals surface area (Å²) in [6, 6.07) is 0. The fourth-order valence-corrected chi connectivity index (χ4v) is 3.25. The van der Waals surface area contributed by atoms with Crippen LogP contribution >= 0.6 is 0 Å². The zero-order chi connectivity index (χ0) is 22.7. The molecular formula is C24H48O2. The van der Waals surface area contributed by atoms with Crippen molar-refractivity contribution in [2.24, 2.45) is 0 Å². The molecule has 0 heterocycles. The highest BCUT2D eigenvalue weighted by Gasteiger charge is 1.97. The number of hydrogen-bond donors (Lipinski definition) is 1. The van der Waals surface area contributed by atoms with Gasteiger partial charge < -0.3 is 5.11 Å². The molecule has 0 amide bonds. The SMILES string of the molecule is [2H]C([2H])(CCCCCCCCCCCCCC)C([2H])([2H])CCCCCCCC(=O)O. The lowest BCUT2D eigenvalue weighted by Gasteiger charge is -2.04. The van der Waals surface area contributed by atoms with Gasteiger partial charge in [0.05, 0.1) is 0 Å². The molecule has 1 N–H and O–H groups in total. The van der Waals surface area contributed by atoms with Crippen LogP contribution in [0, 0.1) is 0 Å². The zero-order valence-electron chi connectivity index (χ0n) is 21.5. The molecule has 0 unspecified atom stereocenters. The van der Waals surface area contributed by atoms with E-state index >= 15 is 0 Å². The van der Waals surface area contributed by atoms with Gasteiger partial charge in [-0.1, -0.05) is 135 Å². The summed E-state index contributed by atoms with van der Waals surface area (Å²) < 4.78 is 32.7. The Labute approximate surface area is 170 Å². The van der Waals surface area contributed by atoms with Crippen molar-refractivity contribution in [1.82, 2.24) is 0 Å². The van der Waals surface area contributed by atoms with Crippen LogP contribution in [-0.2, 0) is 4.79 Å². The van der Waals surface area contributed by atoms with Gasteiger partial charge in [-0.3, -0.25) is 4.79 Å². The second kappa shape index (κ2) is 22.5. The highest BCUT2D eigenvalue weighted by molar-refractivity contribution is 5.66. The number of hydrogen-bond acceptors (Lipinski definition) is 1. The summed E-state index contributed by atoms with van der Waals surface area (Å²) in [6.45, 7) is 2.25. The number of rotatable bonds is 22. The van der Waals surface area contributed by atoms with Crippen molar-refractivity contribution in [3.05, 3.63) is 0 Å². The molecule has 0 aromatic carbocycles. The number of carbonyl (C=O) groups is 1. The minimum absolute atomic E-state index is 0.197. The van der Waals surface area contributed by atoms with Crippen molar-refractivity contribution in [3.63, 3.8) is 0 Å². The van der Waals surface area contributed by atoms with Gasteiger partial charge in [0, 0.05) is 11.9 Å². The fraction of sp³-hybridized carbons (Fsp3) is 0.958. The van der Waals surface area contributed by atoms with Crippen LogP contribution in [0.25, 0.3) is 0 Å². The molecule has 0 atom stereocenters. The number of unbranched alkanes of at least 4 members (excludes halogenated alkanes) is 15. The van der Waals surface area contributed by atoms with Crippen LogP contribution in [0.5, 0.6) is 0 Å². The quantitative estimate of drug-likeness (QED) is 0.193. The average Bonchev–Trinajstić information content (AvgIpc) is 2.67. The third kappa shape index (κ3) is 23.5. The molecular weight excluding hydrogens is 320 g/mol. The van der Waals surface area contributed by atoms with Gasteiger partial charge in [0.2, 0.25) is 0 Å². The third-order valence-corrected chi connectivity index (χ3v) is 4.97. The number of carboxylic acid groups (broad SMARTS) is 1. The van der Waals surface area contributed by atoms with Crippen LogP contribution in [0.2, 0.25) is 0 Å². The molecule has 0 bridgehead atoms. The van der Waals surface area contributed by atoms with Crippen molar-refractivity contribution in [2.75, 3.05) is 0 Å². The predicted molar refractivity (Wildman–Crippen MR) is 115 cm³/mol. The van der Waals surface area contributed by atoms with E-state index in [0.29, 0.717) is 19.3 Å². The van der Waals surface area contributed by atoms with Crippen molar-refractivity contribution in [2.45, 2.75) is 148 Å². The average molecular weight is 373 g/mol. The molecule has 0 aliphatic rings. The molecule has 156 valence electrons. The van der Waals surface area contributed by atoms with Crippen LogP contribution in [0.15, 0.2) is 0 Å². The Balaban J connectivity index is 3.69. The molecule has 0 aromatic rings. The molecule has 0 rings (SSSR count). The van der Waals surface area contributed by atoms with Crippen LogP contribution in [0.1, 0.15) is 154 Å². The summed E-state index contributed by atoms with van der Waals surface area (Å²) >= 11 is 0. The minimum atomic E-state index is -1.79. The Morgan fingerprint density at radius 2 is 0.885 bits per heavy atom. The van der Waals surface area contributed by atoms with Gasteiger partial charge in [0.1, 0.15) is 0 Å². The highest BCUT2D eigenvalue weighted by Crippen LogP contribution is 2.15. The lowest BCUT2D eigenvalue weighted by Crippen LogP contribution is -1.93. The first-order valence-corrected chi connectivity index (χ1v) is 11.4. The van der Waals surface area contributed by atoms with E-state index in [2.05, 4.69) is 6.92 Å². The Kier molecular flexibility index (Phi) is 16.3. The largest absolute Gasteiger partial charge is 0.481 e. The van der Waals surface area contributed by atoms with Gasteiger partial charge in [-0.2, -0.15) is 0 Å². The number of carboxylic acids is 1. The zero-order valence-corrected chi connectivity index (χ0v) is 17.5. The summed E-state index contributed by atoms with van der Waals surface area (Å²) in [7, 11) is 0. The summed E-state index contributed by atoms with van der Waals surface area (Å²) in [6.07, 6.45) is 15.9. The van der Waals surface area contributed by atoms with Gasteiger partial charge in [-0.15, -0.1) is 0 Å². The molecule has 0 spiro atoms. The first-order chi connectivity index (χ1) is 14.2. The third-order valence-electron chi connectivity index (χ3n) is 4.97. The van der Waals surface area contributed by atoms with E-state index in [4.69, 9.17) is 10.6 Å². The van der Waals surface area contributed by atoms with Crippen LogP contribution < -0.4 is 0 Å². The Morgan fingerprint density at radius 3 is 1.23 bits per heavy atom. The van der Waals surface area contributed by atoms with Gasteiger partial charge in [0.15, 0.2) is 0 Å². The second-order valence-electron chi connectivity index (χ2n) is 7.65. The molecule has 26 heavy (non-hydrogen) atoms. The summed E-state index contributed by atoms with van der Waals surface area (Å²) in [4.78, 5) is 10.5. The van der Waals surface area contributed by atoms with E-state index in [1.807, 2.05) is 0 Å². The maximum absolute atomic E-state index is 10.5. The smallest absolute Gasteiger partial charge is 0.303 e. The lowest BCUT2D eigenvalue weighted by atomic mass is 10.0. The summed E-state index contributed by atoms with van der Waals surface area (Å²) in [5, 5.41) is 8.61. The topological polar surface area (TPSA) is 37.3 Å². The van der Waals surface area contributed by atoms with E-state index in [0.717, 1.165) is 38.5 Å². The Bertz CT molecular complexity index is 414. The van der Waals surface area contributed by atoms with Crippen LogP contribution in [0.3, 0.4) is 0 Å². The molecule has 0 saturated carbocycles. The van der Waals surface area contributed by atoms with Crippen LogP contribution in [-0.4, -0.2) is 11.1 Å².